The van der Waals surface area contributed by atoms with Gasteiger partial charge in [-0.25, -0.2) is 9.18 Å². The Balaban J connectivity index is 2.32. The number of carboxylic acid groups (broad SMARTS) is 1. The van der Waals surface area contributed by atoms with Crippen LogP contribution in [-0.4, -0.2) is 24.2 Å². The maximum Gasteiger partial charge on any atom is 0.337 e. The molecule has 19 heavy (non-hydrogen) atoms. The quantitative estimate of drug-likeness (QED) is 0.825. The number of hydrogen-bond donors (Lipinski definition) is 2. The summed E-state index contributed by atoms with van der Waals surface area (Å²) in [6.07, 6.45) is 5.52. The molecule has 0 heterocycles. The molecule has 2 rings (SSSR count). The molecule has 0 saturated heterocycles. The van der Waals surface area contributed by atoms with Gasteiger partial charge in [0.2, 0.25) is 0 Å². The van der Waals surface area contributed by atoms with E-state index in [1.165, 1.54) is 12.5 Å². The van der Waals surface area contributed by atoms with E-state index in [4.69, 9.17) is 10.8 Å². The molecule has 1 aliphatic rings. The normalized spacial score (nSPS) is 16.3. The Morgan fingerprint density at radius 1 is 1.37 bits per heavy atom. The average molecular weight is 266 g/mol. The van der Waals surface area contributed by atoms with Crippen molar-refractivity contribution in [3.8, 4) is 0 Å². The first-order chi connectivity index (χ1) is 9.00. The number of hydrogen-bond acceptors (Lipinski definition) is 3. The zero-order chi connectivity index (χ0) is 14.0. The smallest absolute Gasteiger partial charge is 0.337 e. The summed E-state index contributed by atoms with van der Waals surface area (Å²) in [5, 5.41) is 9.05. The van der Waals surface area contributed by atoms with E-state index in [0.29, 0.717) is 5.69 Å². The SMILES string of the molecule is CN(c1cc(C(=O)O)c(N)cc1F)C1CCCCC1. The Hall–Kier alpha value is -1.78. The molecule has 1 saturated carbocycles. The molecule has 1 aromatic carbocycles. The predicted octanol–water partition coefficient (Wildman–Crippen LogP) is 2.88. The number of rotatable bonds is 3. The van der Waals surface area contributed by atoms with E-state index in [0.717, 1.165) is 31.7 Å². The van der Waals surface area contributed by atoms with Crippen molar-refractivity contribution in [3.63, 3.8) is 0 Å². The summed E-state index contributed by atoms with van der Waals surface area (Å²) in [5.74, 6) is -1.59. The summed E-state index contributed by atoms with van der Waals surface area (Å²) in [6.45, 7) is 0. The lowest BCUT2D eigenvalue weighted by Crippen LogP contribution is -2.34. The summed E-state index contributed by atoms with van der Waals surface area (Å²) >= 11 is 0. The number of anilines is 2. The van der Waals surface area contributed by atoms with Gasteiger partial charge in [0.15, 0.2) is 0 Å². The van der Waals surface area contributed by atoms with Gasteiger partial charge >= 0.3 is 5.97 Å². The standard InChI is InChI=1S/C14H19FN2O2/c1-17(9-5-3-2-4-6-9)13-7-10(14(18)19)12(16)8-11(13)15/h7-9H,2-6,16H2,1H3,(H,18,19). The summed E-state index contributed by atoms with van der Waals surface area (Å²) in [7, 11) is 1.82. The third-order valence-corrected chi connectivity index (χ3v) is 3.85. The third-order valence-electron chi connectivity index (χ3n) is 3.85. The number of nitrogens with zero attached hydrogens (tertiary/aromatic N) is 1. The number of carbonyl (C=O) groups is 1. The lowest BCUT2D eigenvalue weighted by molar-refractivity contribution is 0.0698. The fourth-order valence-corrected chi connectivity index (χ4v) is 2.70. The molecule has 0 unspecified atom stereocenters. The minimum Gasteiger partial charge on any atom is -0.478 e. The van der Waals surface area contributed by atoms with Crippen molar-refractivity contribution in [2.45, 2.75) is 38.1 Å². The Morgan fingerprint density at radius 2 is 2.00 bits per heavy atom. The van der Waals surface area contributed by atoms with Crippen LogP contribution in [0.4, 0.5) is 15.8 Å². The maximum absolute atomic E-state index is 14.0. The van der Waals surface area contributed by atoms with Crippen molar-refractivity contribution in [1.29, 1.82) is 0 Å². The van der Waals surface area contributed by atoms with Gasteiger partial charge in [-0.3, -0.25) is 0 Å². The average Bonchev–Trinajstić information content (AvgIpc) is 2.38. The van der Waals surface area contributed by atoms with Crippen molar-refractivity contribution < 1.29 is 14.3 Å². The van der Waals surface area contributed by atoms with Crippen molar-refractivity contribution in [2.75, 3.05) is 17.7 Å². The third kappa shape index (κ3) is 2.80. The van der Waals surface area contributed by atoms with E-state index in [1.54, 1.807) is 0 Å². The van der Waals surface area contributed by atoms with Crippen molar-refractivity contribution in [1.82, 2.24) is 0 Å². The first-order valence-electron chi connectivity index (χ1n) is 6.56. The summed E-state index contributed by atoms with van der Waals surface area (Å²) in [4.78, 5) is 12.9. The van der Waals surface area contributed by atoms with Crippen LogP contribution in [0.5, 0.6) is 0 Å². The minimum absolute atomic E-state index is 0.0363. The van der Waals surface area contributed by atoms with Gasteiger partial charge in [0, 0.05) is 18.8 Å². The van der Waals surface area contributed by atoms with E-state index >= 15 is 0 Å². The highest BCUT2D eigenvalue weighted by molar-refractivity contribution is 5.95. The van der Waals surface area contributed by atoms with Gasteiger partial charge in [-0.2, -0.15) is 0 Å². The monoisotopic (exact) mass is 266 g/mol. The van der Waals surface area contributed by atoms with Crippen LogP contribution in [0.15, 0.2) is 12.1 Å². The molecule has 0 aliphatic heterocycles. The maximum atomic E-state index is 14.0. The number of nitrogens with two attached hydrogens (primary N) is 1. The van der Waals surface area contributed by atoms with Gasteiger partial charge in [0.05, 0.1) is 11.3 Å². The van der Waals surface area contributed by atoms with Gasteiger partial charge in [-0.1, -0.05) is 19.3 Å². The molecule has 0 radical (unpaired) electrons. The van der Waals surface area contributed by atoms with Crippen LogP contribution >= 0.6 is 0 Å². The second kappa shape index (κ2) is 5.47. The number of benzene rings is 1. The van der Waals surface area contributed by atoms with Crippen LogP contribution in [0.3, 0.4) is 0 Å². The molecule has 0 aromatic heterocycles. The molecule has 1 fully saturated rings. The molecule has 0 spiro atoms. The Kier molecular flexibility index (Phi) is 3.93. The predicted molar refractivity (Wildman–Crippen MR) is 73.0 cm³/mol. The molecule has 5 heteroatoms. The van der Waals surface area contributed by atoms with Crippen LogP contribution in [0.2, 0.25) is 0 Å². The molecule has 0 bridgehead atoms. The number of carboxylic acids is 1. The number of halogens is 1. The van der Waals surface area contributed by atoms with Gasteiger partial charge in [0.1, 0.15) is 5.82 Å². The van der Waals surface area contributed by atoms with Crippen LogP contribution in [-0.2, 0) is 0 Å². The lowest BCUT2D eigenvalue weighted by Gasteiger charge is -2.33. The zero-order valence-corrected chi connectivity index (χ0v) is 11.0. The highest BCUT2D eigenvalue weighted by Gasteiger charge is 2.22. The fraction of sp³-hybridized carbons (Fsp3) is 0.500. The Bertz CT molecular complexity index is 485. The molecule has 0 atom stereocenters. The van der Waals surface area contributed by atoms with Crippen molar-refractivity contribution in [2.24, 2.45) is 0 Å². The van der Waals surface area contributed by atoms with E-state index in [2.05, 4.69) is 0 Å². The lowest BCUT2D eigenvalue weighted by atomic mass is 9.94. The first kappa shape index (κ1) is 13.6. The molecule has 3 N–H and O–H groups in total. The Labute approximate surface area is 112 Å². The Morgan fingerprint density at radius 3 is 2.58 bits per heavy atom. The molecule has 1 aliphatic carbocycles. The second-order valence-corrected chi connectivity index (χ2v) is 5.10. The highest BCUT2D eigenvalue weighted by Crippen LogP contribution is 2.30. The van der Waals surface area contributed by atoms with Gasteiger partial charge < -0.3 is 15.7 Å². The van der Waals surface area contributed by atoms with Crippen LogP contribution < -0.4 is 10.6 Å². The minimum atomic E-state index is -1.13. The van der Waals surface area contributed by atoms with E-state index in [9.17, 15) is 9.18 Å². The zero-order valence-electron chi connectivity index (χ0n) is 11.0. The van der Waals surface area contributed by atoms with Gasteiger partial charge in [-0.15, -0.1) is 0 Å². The van der Waals surface area contributed by atoms with E-state index in [1.807, 2.05) is 11.9 Å². The molecule has 4 nitrogen and oxygen atoms in total. The van der Waals surface area contributed by atoms with Gasteiger partial charge in [-0.05, 0) is 25.0 Å². The fourth-order valence-electron chi connectivity index (χ4n) is 2.70. The van der Waals surface area contributed by atoms with E-state index < -0.39 is 11.8 Å². The topological polar surface area (TPSA) is 66.6 Å². The molecule has 1 aromatic rings. The summed E-state index contributed by atoms with van der Waals surface area (Å²) < 4.78 is 14.0. The van der Waals surface area contributed by atoms with Crippen molar-refractivity contribution >= 4 is 17.3 Å². The highest BCUT2D eigenvalue weighted by atomic mass is 19.1. The summed E-state index contributed by atoms with van der Waals surface area (Å²) in [6, 6.07) is 2.70. The van der Waals surface area contributed by atoms with Crippen LogP contribution in [0.1, 0.15) is 42.5 Å². The van der Waals surface area contributed by atoms with E-state index in [-0.39, 0.29) is 17.3 Å². The number of nitrogen functional groups attached to an aromatic ring is 1. The van der Waals surface area contributed by atoms with Gasteiger partial charge in [0.25, 0.3) is 0 Å². The van der Waals surface area contributed by atoms with Crippen molar-refractivity contribution in [3.05, 3.63) is 23.5 Å². The second-order valence-electron chi connectivity index (χ2n) is 5.10. The number of aromatic carboxylic acids is 1. The van der Waals surface area contributed by atoms with Crippen LogP contribution in [0, 0.1) is 5.82 Å². The largest absolute Gasteiger partial charge is 0.478 e. The molecular weight excluding hydrogens is 247 g/mol. The summed E-state index contributed by atoms with van der Waals surface area (Å²) in [5.41, 5.74) is 5.77. The molecule has 0 amide bonds. The molecular formula is C14H19FN2O2. The molecule has 104 valence electrons. The van der Waals surface area contributed by atoms with Crippen LogP contribution in [0.25, 0.3) is 0 Å². The first-order valence-corrected chi connectivity index (χ1v) is 6.56.